The SMILES string of the molecule is O=C(O[C@H]1C[N+]2(CCCOc3ccccc3)CCC1CC2)N(Cc1ccc(F)cc1)c1ccccc1. The third kappa shape index (κ3) is 5.88. The number of para-hydroxylation sites is 2. The highest BCUT2D eigenvalue weighted by Gasteiger charge is 2.47. The normalized spacial score (nSPS) is 22.7. The summed E-state index contributed by atoms with van der Waals surface area (Å²) < 4.78 is 26.5. The number of carbonyl (C=O) groups is 1. The number of benzene rings is 3. The number of fused-ring (bicyclic) bond motifs is 3. The predicted octanol–water partition coefficient (Wildman–Crippen LogP) is 6.05. The van der Waals surface area contributed by atoms with Gasteiger partial charge in [-0.3, -0.25) is 4.90 Å². The zero-order valence-electron chi connectivity index (χ0n) is 20.6. The van der Waals surface area contributed by atoms with Crippen molar-refractivity contribution >= 4 is 11.8 Å². The van der Waals surface area contributed by atoms with E-state index >= 15 is 0 Å². The summed E-state index contributed by atoms with van der Waals surface area (Å²) in [5, 5.41) is 0. The first-order chi connectivity index (χ1) is 17.6. The molecule has 0 aliphatic carbocycles. The molecular weight excluding hydrogens is 455 g/mol. The lowest BCUT2D eigenvalue weighted by atomic mass is 9.83. The Morgan fingerprint density at radius 2 is 1.58 bits per heavy atom. The summed E-state index contributed by atoms with van der Waals surface area (Å²) in [6.45, 7) is 5.20. The molecule has 1 amide bonds. The van der Waals surface area contributed by atoms with Gasteiger partial charge in [-0.05, 0) is 42.0 Å². The lowest BCUT2D eigenvalue weighted by Gasteiger charge is -2.52. The second-order valence-corrected chi connectivity index (χ2v) is 10.0. The molecule has 3 saturated heterocycles. The fourth-order valence-electron chi connectivity index (χ4n) is 5.61. The summed E-state index contributed by atoms with van der Waals surface area (Å²) in [5.74, 6) is 1.03. The number of nitrogens with zero attached hydrogens (tertiary/aromatic N) is 2. The number of anilines is 1. The van der Waals surface area contributed by atoms with Crippen molar-refractivity contribution in [3.63, 3.8) is 0 Å². The number of rotatable bonds is 9. The van der Waals surface area contributed by atoms with Crippen molar-refractivity contribution in [2.45, 2.75) is 31.9 Å². The summed E-state index contributed by atoms with van der Waals surface area (Å²) in [4.78, 5) is 15.1. The Balaban J connectivity index is 1.22. The number of carbonyl (C=O) groups excluding carboxylic acids is 1. The van der Waals surface area contributed by atoms with E-state index < -0.39 is 0 Å². The van der Waals surface area contributed by atoms with Gasteiger partial charge in [0, 0.05) is 30.9 Å². The summed E-state index contributed by atoms with van der Waals surface area (Å²) in [5.41, 5.74) is 1.63. The molecule has 0 aromatic heterocycles. The van der Waals surface area contributed by atoms with Crippen LogP contribution in [0.5, 0.6) is 5.75 Å². The molecule has 5 nitrogen and oxygen atoms in total. The highest BCUT2D eigenvalue weighted by atomic mass is 19.1. The summed E-state index contributed by atoms with van der Waals surface area (Å²) >= 11 is 0. The van der Waals surface area contributed by atoms with Gasteiger partial charge < -0.3 is 14.0 Å². The van der Waals surface area contributed by atoms with Crippen LogP contribution in [0.2, 0.25) is 0 Å². The molecule has 3 aliphatic rings. The van der Waals surface area contributed by atoms with E-state index in [-0.39, 0.29) is 18.0 Å². The highest BCUT2D eigenvalue weighted by molar-refractivity contribution is 5.87. The highest BCUT2D eigenvalue weighted by Crippen LogP contribution is 2.36. The van der Waals surface area contributed by atoms with Crippen LogP contribution in [-0.4, -0.2) is 49.5 Å². The van der Waals surface area contributed by atoms with Crippen molar-refractivity contribution in [2.24, 2.45) is 5.92 Å². The molecule has 1 atom stereocenters. The van der Waals surface area contributed by atoms with E-state index in [1.807, 2.05) is 60.7 Å². The van der Waals surface area contributed by atoms with Crippen LogP contribution in [0.4, 0.5) is 14.9 Å². The maximum atomic E-state index is 13.5. The van der Waals surface area contributed by atoms with E-state index in [1.54, 1.807) is 17.0 Å². The van der Waals surface area contributed by atoms with Crippen molar-refractivity contribution < 1.29 is 23.1 Å². The number of quaternary nitrogens is 1. The summed E-state index contributed by atoms with van der Waals surface area (Å²) in [7, 11) is 0. The zero-order valence-corrected chi connectivity index (χ0v) is 20.6. The maximum Gasteiger partial charge on any atom is 0.415 e. The smallest absolute Gasteiger partial charge is 0.415 e. The molecule has 36 heavy (non-hydrogen) atoms. The third-order valence-electron chi connectivity index (χ3n) is 7.62. The van der Waals surface area contributed by atoms with E-state index in [4.69, 9.17) is 9.47 Å². The van der Waals surface area contributed by atoms with E-state index in [2.05, 4.69) is 0 Å². The Bertz CT molecular complexity index is 1120. The number of halogens is 1. The minimum absolute atomic E-state index is 0.0885. The van der Waals surface area contributed by atoms with Crippen LogP contribution in [0.25, 0.3) is 0 Å². The van der Waals surface area contributed by atoms with Gasteiger partial charge in [-0.1, -0.05) is 48.5 Å². The Labute approximate surface area is 212 Å². The van der Waals surface area contributed by atoms with Crippen LogP contribution >= 0.6 is 0 Å². The van der Waals surface area contributed by atoms with Gasteiger partial charge in [-0.2, -0.15) is 0 Å². The van der Waals surface area contributed by atoms with Gasteiger partial charge in [0.25, 0.3) is 0 Å². The van der Waals surface area contributed by atoms with Gasteiger partial charge in [-0.25, -0.2) is 9.18 Å². The van der Waals surface area contributed by atoms with Crippen molar-refractivity contribution in [3.8, 4) is 5.75 Å². The van der Waals surface area contributed by atoms with Crippen LogP contribution in [0.15, 0.2) is 84.9 Å². The molecule has 6 rings (SSSR count). The third-order valence-corrected chi connectivity index (χ3v) is 7.62. The van der Waals surface area contributed by atoms with Gasteiger partial charge in [0.2, 0.25) is 0 Å². The fourth-order valence-corrected chi connectivity index (χ4v) is 5.61. The van der Waals surface area contributed by atoms with Crippen LogP contribution in [-0.2, 0) is 11.3 Å². The Morgan fingerprint density at radius 3 is 2.28 bits per heavy atom. The average Bonchev–Trinajstić information content (AvgIpc) is 2.92. The summed E-state index contributed by atoms with van der Waals surface area (Å²) in [6.07, 6.45) is 2.71. The van der Waals surface area contributed by atoms with Crippen LogP contribution in [0.1, 0.15) is 24.8 Å². The minimum Gasteiger partial charge on any atom is -0.493 e. The molecule has 0 radical (unpaired) electrons. The van der Waals surface area contributed by atoms with Crippen molar-refractivity contribution in [3.05, 3.63) is 96.3 Å². The van der Waals surface area contributed by atoms with Crippen molar-refractivity contribution in [2.75, 3.05) is 37.7 Å². The van der Waals surface area contributed by atoms with Gasteiger partial charge in [0.05, 0.1) is 32.8 Å². The first-order valence-corrected chi connectivity index (χ1v) is 12.9. The van der Waals surface area contributed by atoms with E-state index in [1.165, 1.54) is 12.1 Å². The van der Waals surface area contributed by atoms with Gasteiger partial charge in [0.15, 0.2) is 6.10 Å². The molecule has 2 bridgehead atoms. The lowest BCUT2D eigenvalue weighted by molar-refractivity contribution is -0.946. The van der Waals surface area contributed by atoms with Crippen LogP contribution in [0.3, 0.4) is 0 Å². The monoisotopic (exact) mass is 489 g/mol. The predicted molar refractivity (Wildman–Crippen MR) is 138 cm³/mol. The molecule has 3 aromatic rings. The summed E-state index contributed by atoms with van der Waals surface area (Å²) in [6, 6.07) is 25.8. The molecule has 3 aromatic carbocycles. The second kappa shape index (κ2) is 11.1. The molecular formula is C30H34FN2O3+. The Kier molecular flexibility index (Phi) is 7.52. The van der Waals surface area contributed by atoms with Crippen LogP contribution < -0.4 is 9.64 Å². The number of ether oxygens (including phenoxy) is 2. The molecule has 188 valence electrons. The zero-order chi connectivity index (χ0) is 24.8. The molecule has 3 aliphatic heterocycles. The Hall–Kier alpha value is -3.38. The molecule has 3 heterocycles. The maximum absolute atomic E-state index is 13.5. The number of hydrogen-bond donors (Lipinski definition) is 0. The first kappa shape index (κ1) is 24.3. The topological polar surface area (TPSA) is 38.8 Å². The van der Waals surface area contributed by atoms with E-state index in [9.17, 15) is 9.18 Å². The quantitative estimate of drug-likeness (QED) is 0.271. The second-order valence-electron chi connectivity index (χ2n) is 10.0. The molecule has 0 spiro atoms. The standard InChI is InChI=1S/C30H34FN2O3/c31-26-14-12-24(13-15-26)22-32(27-8-3-1-4-9-27)30(34)36-29-23-33(19-16-25(29)17-20-33)18-7-21-35-28-10-5-2-6-11-28/h1-6,8-15,25,29H,7,16-23H2/q+1/t25?,29-,33?/m0/s1. The van der Waals surface area contributed by atoms with Crippen LogP contribution in [0, 0.1) is 11.7 Å². The van der Waals surface area contributed by atoms with Crippen molar-refractivity contribution in [1.82, 2.24) is 0 Å². The number of piperidine rings is 3. The van der Waals surface area contributed by atoms with Crippen molar-refractivity contribution in [1.29, 1.82) is 0 Å². The molecule has 0 saturated carbocycles. The molecule has 0 unspecified atom stereocenters. The number of amides is 1. The molecule has 6 heteroatoms. The molecule has 3 fully saturated rings. The molecule has 0 N–H and O–H groups in total. The van der Waals surface area contributed by atoms with E-state index in [0.717, 1.165) is 66.9 Å². The first-order valence-electron chi connectivity index (χ1n) is 12.9. The average molecular weight is 490 g/mol. The lowest BCUT2D eigenvalue weighted by Crippen LogP contribution is -2.65. The van der Waals surface area contributed by atoms with Gasteiger partial charge in [0.1, 0.15) is 18.1 Å². The minimum atomic E-state index is -0.338. The van der Waals surface area contributed by atoms with Gasteiger partial charge in [-0.15, -0.1) is 0 Å². The van der Waals surface area contributed by atoms with Gasteiger partial charge >= 0.3 is 6.09 Å². The number of hydrogen-bond acceptors (Lipinski definition) is 3. The fraction of sp³-hybridized carbons (Fsp3) is 0.367. The van der Waals surface area contributed by atoms with E-state index in [0.29, 0.717) is 19.1 Å². The largest absolute Gasteiger partial charge is 0.493 e. The Morgan fingerprint density at radius 1 is 0.917 bits per heavy atom.